The molecular formula is C17H11ClN2O5. The summed E-state index contributed by atoms with van der Waals surface area (Å²) in [6.07, 6.45) is 1.42. The van der Waals surface area contributed by atoms with E-state index in [1.807, 2.05) is 0 Å². The van der Waals surface area contributed by atoms with E-state index in [9.17, 15) is 14.9 Å². The molecule has 2 aromatic carbocycles. The second-order valence-corrected chi connectivity index (χ2v) is 5.47. The molecule has 0 fully saturated rings. The maximum Gasteiger partial charge on any atom is 0.363 e. The van der Waals surface area contributed by atoms with Gasteiger partial charge in [-0.3, -0.25) is 10.1 Å². The second-order valence-electron chi connectivity index (χ2n) is 5.03. The molecule has 0 aliphatic carbocycles. The molecule has 2 aromatic rings. The average molecular weight is 359 g/mol. The number of nitrogens with zero attached hydrogens (tertiary/aromatic N) is 2. The van der Waals surface area contributed by atoms with Crippen LogP contribution in [0, 0.1) is 10.1 Å². The molecule has 1 aliphatic heterocycles. The van der Waals surface area contributed by atoms with Crippen LogP contribution < -0.4 is 4.74 Å². The Bertz CT molecular complexity index is 936. The van der Waals surface area contributed by atoms with E-state index in [0.717, 1.165) is 0 Å². The summed E-state index contributed by atoms with van der Waals surface area (Å²) >= 11 is 5.97. The van der Waals surface area contributed by atoms with E-state index < -0.39 is 10.9 Å². The Kier molecular flexibility index (Phi) is 4.49. The third kappa shape index (κ3) is 3.51. The Labute approximate surface area is 147 Å². The number of non-ortho nitro benzene ring substituents is 1. The summed E-state index contributed by atoms with van der Waals surface area (Å²) in [4.78, 5) is 26.5. The summed E-state index contributed by atoms with van der Waals surface area (Å²) in [7, 11) is 1.48. The van der Waals surface area contributed by atoms with Crippen LogP contribution in [0.25, 0.3) is 6.08 Å². The smallest absolute Gasteiger partial charge is 0.363 e. The zero-order valence-corrected chi connectivity index (χ0v) is 13.7. The van der Waals surface area contributed by atoms with Gasteiger partial charge in [-0.05, 0) is 29.8 Å². The lowest BCUT2D eigenvalue weighted by molar-refractivity contribution is -0.384. The van der Waals surface area contributed by atoms with Crippen molar-refractivity contribution < 1.29 is 19.2 Å². The minimum absolute atomic E-state index is 0.0255. The molecule has 126 valence electrons. The molecule has 0 unspecified atom stereocenters. The Morgan fingerprint density at radius 3 is 2.80 bits per heavy atom. The summed E-state index contributed by atoms with van der Waals surface area (Å²) in [5, 5.41) is 11.3. The van der Waals surface area contributed by atoms with Gasteiger partial charge in [-0.25, -0.2) is 9.79 Å². The lowest BCUT2D eigenvalue weighted by Crippen LogP contribution is -2.07. The fourth-order valence-electron chi connectivity index (χ4n) is 2.26. The Morgan fingerprint density at radius 2 is 2.08 bits per heavy atom. The Balaban J connectivity index is 1.99. The van der Waals surface area contributed by atoms with Crippen LogP contribution >= 0.6 is 11.6 Å². The number of nitro benzene ring substituents is 1. The third-order valence-electron chi connectivity index (χ3n) is 3.40. The van der Waals surface area contributed by atoms with Crippen LogP contribution in [0.3, 0.4) is 0 Å². The van der Waals surface area contributed by atoms with Crippen LogP contribution in [0.5, 0.6) is 5.75 Å². The maximum atomic E-state index is 12.1. The van der Waals surface area contributed by atoms with E-state index in [1.54, 1.807) is 24.3 Å². The van der Waals surface area contributed by atoms with Crippen LogP contribution in [-0.2, 0) is 9.53 Å². The number of aliphatic imine (C=N–C) groups is 1. The first-order valence-electron chi connectivity index (χ1n) is 7.09. The van der Waals surface area contributed by atoms with Gasteiger partial charge < -0.3 is 9.47 Å². The normalized spacial score (nSPS) is 15.0. The number of hydrogen-bond donors (Lipinski definition) is 0. The Morgan fingerprint density at radius 1 is 1.28 bits per heavy atom. The molecule has 1 heterocycles. The first-order chi connectivity index (χ1) is 12.0. The van der Waals surface area contributed by atoms with E-state index in [0.29, 0.717) is 21.9 Å². The predicted octanol–water partition coefficient (Wildman–Crippen LogP) is 3.60. The van der Waals surface area contributed by atoms with E-state index >= 15 is 0 Å². The largest absolute Gasteiger partial charge is 0.496 e. The number of halogens is 1. The highest BCUT2D eigenvalue weighted by atomic mass is 35.5. The van der Waals surface area contributed by atoms with Gasteiger partial charge in [-0.2, -0.15) is 0 Å². The van der Waals surface area contributed by atoms with Crippen LogP contribution in [0.2, 0.25) is 5.02 Å². The highest BCUT2D eigenvalue weighted by Crippen LogP contribution is 2.28. The van der Waals surface area contributed by atoms with Gasteiger partial charge in [0.25, 0.3) is 5.69 Å². The topological polar surface area (TPSA) is 91.0 Å². The summed E-state index contributed by atoms with van der Waals surface area (Å²) in [6, 6.07) is 10.7. The molecule has 0 amide bonds. The zero-order chi connectivity index (χ0) is 18.0. The quantitative estimate of drug-likeness (QED) is 0.360. The van der Waals surface area contributed by atoms with Gasteiger partial charge in [0.05, 0.1) is 17.6 Å². The second kappa shape index (κ2) is 6.74. The van der Waals surface area contributed by atoms with Crippen molar-refractivity contribution in [3.8, 4) is 5.75 Å². The SMILES string of the molecule is COc1ccc(Cl)cc1C1=N/C(=C\c2cccc([N+](=O)[O-])c2)C(=O)O1. The van der Waals surface area contributed by atoms with Crippen LogP contribution in [0.1, 0.15) is 11.1 Å². The average Bonchev–Trinajstić information content (AvgIpc) is 2.95. The number of cyclic esters (lactones) is 1. The highest BCUT2D eigenvalue weighted by Gasteiger charge is 2.26. The monoisotopic (exact) mass is 358 g/mol. The highest BCUT2D eigenvalue weighted by molar-refractivity contribution is 6.31. The van der Waals surface area contributed by atoms with Gasteiger partial charge in [-0.15, -0.1) is 0 Å². The fraction of sp³-hybridized carbons (Fsp3) is 0.0588. The summed E-state index contributed by atoms with van der Waals surface area (Å²) in [5.74, 6) is -0.155. The van der Waals surface area contributed by atoms with Crippen molar-refractivity contribution in [3.05, 3.63) is 74.4 Å². The maximum absolute atomic E-state index is 12.1. The molecule has 0 N–H and O–H groups in total. The van der Waals surface area contributed by atoms with E-state index in [4.69, 9.17) is 21.1 Å². The third-order valence-corrected chi connectivity index (χ3v) is 3.63. The molecule has 8 heteroatoms. The van der Waals surface area contributed by atoms with Gasteiger partial charge in [-0.1, -0.05) is 23.7 Å². The van der Waals surface area contributed by atoms with E-state index in [1.165, 1.54) is 31.4 Å². The van der Waals surface area contributed by atoms with Gasteiger partial charge in [0, 0.05) is 17.2 Å². The van der Waals surface area contributed by atoms with Crippen LogP contribution in [0.4, 0.5) is 5.69 Å². The molecule has 3 rings (SSSR count). The lowest BCUT2D eigenvalue weighted by Gasteiger charge is -2.07. The van der Waals surface area contributed by atoms with Gasteiger partial charge in [0.1, 0.15) is 5.75 Å². The first kappa shape index (κ1) is 16.7. The number of ether oxygens (including phenoxy) is 2. The molecule has 0 aromatic heterocycles. The molecule has 0 bridgehead atoms. The predicted molar refractivity (Wildman–Crippen MR) is 91.7 cm³/mol. The molecule has 0 saturated carbocycles. The number of carbonyl (C=O) groups excluding carboxylic acids is 1. The number of carbonyl (C=O) groups is 1. The van der Waals surface area contributed by atoms with Crippen LogP contribution in [0.15, 0.2) is 53.2 Å². The summed E-state index contributed by atoms with van der Waals surface area (Å²) < 4.78 is 10.4. The van der Waals surface area contributed by atoms with Crippen molar-refractivity contribution in [1.29, 1.82) is 0 Å². The van der Waals surface area contributed by atoms with Crippen molar-refractivity contribution in [2.24, 2.45) is 4.99 Å². The molecular weight excluding hydrogens is 348 g/mol. The van der Waals surface area contributed by atoms with Gasteiger partial charge in [0.15, 0.2) is 5.70 Å². The first-order valence-corrected chi connectivity index (χ1v) is 7.46. The molecule has 25 heavy (non-hydrogen) atoms. The zero-order valence-electron chi connectivity index (χ0n) is 12.9. The molecule has 0 radical (unpaired) electrons. The number of hydrogen-bond acceptors (Lipinski definition) is 6. The van der Waals surface area contributed by atoms with Gasteiger partial charge >= 0.3 is 5.97 Å². The minimum Gasteiger partial charge on any atom is -0.496 e. The van der Waals surface area contributed by atoms with Crippen molar-refractivity contribution in [1.82, 2.24) is 0 Å². The molecule has 0 saturated heterocycles. The number of esters is 1. The number of rotatable bonds is 4. The minimum atomic E-state index is -0.663. The van der Waals surface area contributed by atoms with Gasteiger partial charge in [0.2, 0.25) is 5.90 Å². The van der Waals surface area contributed by atoms with Crippen molar-refractivity contribution >= 4 is 35.2 Å². The van der Waals surface area contributed by atoms with Crippen molar-refractivity contribution in [2.75, 3.05) is 7.11 Å². The molecule has 1 aliphatic rings. The Hall–Kier alpha value is -3.19. The van der Waals surface area contributed by atoms with E-state index in [2.05, 4.69) is 4.99 Å². The number of nitro groups is 1. The molecule has 7 nitrogen and oxygen atoms in total. The fourth-order valence-corrected chi connectivity index (χ4v) is 2.43. The summed E-state index contributed by atoms with van der Waals surface area (Å²) in [5.41, 5.74) is 0.842. The lowest BCUT2D eigenvalue weighted by atomic mass is 10.1. The molecule has 0 spiro atoms. The number of benzene rings is 2. The summed E-state index contributed by atoms with van der Waals surface area (Å²) in [6.45, 7) is 0. The number of methoxy groups -OCH3 is 1. The van der Waals surface area contributed by atoms with Crippen molar-refractivity contribution in [2.45, 2.75) is 0 Å². The van der Waals surface area contributed by atoms with Crippen LogP contribution in [-0.4, -0.2) is 23.9 Å². The van der Waals surface area contributed by atoms with Crippen molar-refractivity contribution in [3.63, 3.8) is 0 Å². The molecule has 0 atom stereocenters. The van der Waals surface area contributed by atoms with E-state index in [-0.39, 0.29) is 17.3 Å². The standard InChI is InChI=1S/C17H11ClN2O5/c1-24-15-6-5-11(18)9-13(15)16-19-14(17(21)25-16)8-10-3-2-4-12(7-10)20(22)23/h2-9H,1H3/b14-8-.